The van der Waals surface area contributed by atoms with Gasteiger partial charge in [-0.3, -0.25) is 4.79 Å². The number of imidazole rings is 1. The standard InChI is InChI=1S/C19H28N4O2/c1-3-4-5-12-25-16-8-6-15(7-9-16)22-19(24)17-18-21-14(2)13-23(18)11-10-20-17/h10-11,13,15-16H,3-9,12H2,1-2H3,(H,22,24). The number of carbonyl (C=O) groups excluding carboxylic acids is 1. The van der Waals surface area contributed by atoms with E-state index in [0.717, 1.165) is 44.4 Å². The highest BCUT2D eigenvalue weighted by atomic mass is 16.5. The van der Waals surface area contributed by atoms with Crippen molar-refractivity contribution in [1.82, 2.24) is 19.7 Å². The molecule has 1 amide bonds. The Labute approximate surface area is 149 Å². The van der Waals surface area contributed by atoms with E-state index in [1.54, 1.807) is 6.20 Å². The zero-order valence-corrected chi connectivity index (χ0v) is 15.2. The predicted molar refractivity (Wildman–Crippen MR) is 96.7 cm³/mol. The van der Waals surface area contributed by atoms with Gasteiger partial charge in [-0.2, -0.15) is 0 Å². The van der Waals surface area contributed by atoms with E-state index in [4.69, 9.17) is 4.74 Å². The maximum atomic E-state index is 12.6. The molecule has 0 spiro atoms. The summed E-state index contributed by atoms with van der Waals surface area (Å²) in [5, 5.41) is 3.12. The quantitative estimate of drug-likeness (QED) is 0.783. The number of unbranched alkanes of at least 4 members (excludes halogenated alkanes) is 2. The highest BCUT2D eigenvalue weighted by Gasteiger charge is 2.24. The van der Waals surface area contributed by atoms with Crippen molar-refractivity contribution < 1.29 is 9.53 Å². The fraction of sp³-hybridized carbons (Fsp3) is 0.632. The van der Waals surface area contributed by atoms with Crippen LogP contribution in [0.3, 0.4) is 0 Å². The van der Waals surface area contributed by atoms with Crippen molar-refractivity contribution in [2.24, 2.45) is 0 Å². The SMILES string of the molecule is CCCCCOC1CCC(NC(=O)c2nccn3cc(C)nc23)CC1. The van der Waals surface area contributed by atoms with E-state index >= 15 is 0 Å². The number of rotatable bonds is 7. The average molecular weight is 344 g/mol. The van der Waals surface area contributed by atoms with Crippen molar-refractivity contribution in [1.29, 1.82) is 0 Å². The predicted octanol–water partition coefficient (Wildman–Crippen LogP) is 3.29. The third-order valence-electron chi connectivity index (χ3n) is 4.82. The van der Waals surface area contributed by atoms with Crippen LogP contribution in [-0.2, 0) is 4.74 Å². The van der Waals surface area contributed by atoms with E-state index in [-0.39, 0.29) is 11.9 Å². The normalized spacial score (nSPS) is 20.7. The molecular weight excluding hydrogens is 316 g/mol. The number of aryl methyl sites for hydroxylation is 1. The molecule has 6 nitrogen and oxygen atoms in total. The molecule has 3 rings (SSSR count). The molecule has 0 aliphatic heterocycles. The van der Waals surface area contributed by atoms with Crippen molar-refractivity contribution >= 4 is 11.6 Å². The number of nitrogens with one attached hydrogen (secondary N) is 1. The van der Waals surface area contributed by atoms with Gasteiger partial charge in [-0.1, -0.05) is 19.8 Å². The topological polar surface area (TPSA) is 68.5 Å². The van der Waals surface area contributed by atoms with Gasteiger partial charge in [0.2, 0.25) is 0 Å². The molecule has 1 saturated carbocycles. The van der Waals surface area contributed by atoms with Gasteiger partial charge in [0.1, 0.15) is 0 Å². The molecule has 0 saturated heterocycles. The summed E-state index contributed by atoms with van der Waals surface area (Å²) in [5.41, 5.74) is 1.89. The summed E-state index contributed by atoms with van der Waals surface area (Å²) in [7, 11) is 0. The average Bonchev–Trinajstić information content (AvgIpc) is 3.00. The number of amides is 1. The number of nitrogens with zero attached hydrogens (tertiary/aromatic N) is 3. The van der Waals surface area contributed by atoms with Crippen LogP contribution in [0.5, 0.6) is 0 Å². The molecule has 1 N–H and O–H groups in total. The minimum atomic E-state index is -0.136. The summed E-state index contributed by atoms with van der Waals surface area (Å²) in [4.78, 5) is 21.2. The van der Waals surface area contributed by atoms with Crippen molar-refractivity contribution in [2.45, 2.75) is 70.9 Å². The number of hydrogen-bond donors (Lipinski definition) is 1. The number of ether oxygens (including phenoxy) is 1. The molecule has 2 aromatic rings. The third kappa shape index (κ3) is 4.57. The summed E-state index contributed by atoms with van der Waals surface area (Å²) in [5.74, 6) is -0.136. The molecule has 0 unspecified atom stereocenters. The molecule has 136 valence electrons. The van der Waals surface area contributed by atoms with Gasteiger partial charge in [0.15, 0.2) is 11.3 Å². The Morgan fingerprint density at radius 1 is 1.32 bits per heavy atom. The van der Waals surface area contributed by atoms with Gasteiger partial charge in [0, 0.05) is 31.2 Å². The lowest BCUT2D eigenvalue weighted by molar-refractivity contribution is 0.0204. The van der Waals surface area contributed by atoms with Crippen LogP contribution >= 0.6 is 0 Å². The van der Waals surface area contributed by atoms with Crippen LogP contribution in [0, 0.1) is 6.92 Å². The van der Waals surface area contributed by atoms with Gasteiger partial charge in [-0.25, -0.2) is 9.97 Å². The lowest BCUT2D eigenvalue weighted by atomic mass is 9.93. The Morgan fingerprint density at radius 3 is 2.88 bits per heavy atom. The van der Waals surface area contributed by atoms with Crippen molar-refractivity contribution in [2.75, 3.05) is 6.61 Å². The molecule has 1 fully saturated rings. The van der Waals surface area contributed by atoms with E-state index in [9.17, 15) is 4.79 Å². The minimum Gasteiger partial charge on any atom is -0.378 e. The van der Waals surface area contributed by atoms with E-state index in [2.05, 4.69) is 22.2 Å². The van der Waals surface area contributed by atoms with Crippen LogP contribution < -0.4 is 5.32 Å². The molecule has 0 radical (unpaired) electrons. The van der Waals surface area contributed by atoms with Gasteiger partial charge < -0.3 is 14.5 Å². The summed E-state index contributed by atoms with van der Waals surface area (Å²) in [6, 6.07) is 0.195. The third-order valence-corrected chi connectivity index (χ3v) is 4.82. The fourth-order valence-corrected chi connectivity index (χ4v) is 3.43. The lowest BCUT2D eigenvalue weighted by Crippen LogP contribution is -2.39. The highest BCUT2D eigenvalue weighted by Crippen LogP contribution is 2.22. The Hall–Kier alpha value is -1.95. The monoisotopic (exact) mass is 344 g/mol. The fourth-order valence-electron chi connectivity index (χ4n) is 3.43. The van der Waals surface area contributed by atoms with Crippen LogP contribution in [0.2, 0.25) is 0 Å². The van der Waals surface area contributed by atoms with Gasteiger partial charge in [0.25, 0.3) is 5.91 Å². The molecule has 25 heavy (non-hydrogen) atoms. The van der Waals surface area contributed by atoms with Gasteiger partial charge in [-0.15, -0.1) is 0 Å². The van der Waals surface area contributed by atoms with E-state index in [1.807, 2.05) is 23.7 Å². The molecule has 0 aromatic carbocycles. The van der Waals surface area contributed by atoms with Gasteiger partial charge in [0.05, 0.1) is 11.8 Å². The zero-order valence-electron chi connectivity index (χ0n) is 15.2. The first-order valence-electron chi connectivity index (χ1n) is 9.40. The summed E-state index contributed by atoms with van der Waals surface area (Å²) < 4.78 is 7.79. The first kappa shape index (κ1) is 17.9. The number of carbonyl (C=O) groups is 1. The Kier molecular flexibility index (Phi) is 6.02. The number of aromatic nitrogens is 3. The molecule has 2 aromatic heterocycles. The Morgan fingerprint density at radius 2 is 2.12 bits per heavy atom. The van der Waals surface area contributed by atoms with Crippen LogP contribution in [0.4, 0.5) is 0 Å². The summed E-state index contributed by atoms with van der Waals surface area (Å²) in [6.45, 7) is 4.98. The molecule has 0 atom stereocenters. The molecule has 0 bridgehead atoms. The second-order valence-corrected chi connectivity index (χ2v) is 6.91. The van der Waals surface area contributed by atoms with Gasteiger partial charge >= 0.3 is 0 Å². The molecular formula is C19H28N4O2. The van der Waals surface area contributed by atoms with E-state index in [1.165, 1.54) is 12.8 Å². The summed E-state index contributed by atoms with van der Waals surface area (Å²) in [6.07, 6.45) is 13.2. The maximum absolute atomic E-state index is 12.6. The smallest absolute Gasteiger partial charge is 0.273 e. The van der Waals surface area contributed by atoms with E-state index < -0.39 is 0 Å². The largest absolute Gasteiger partial charge is 0.378 e. The van der Waals surface area contributed by atoms with E-state index in [0.29, 0.717) is 17.4 Å². The van der Waals surface area contributed by atoms with Crippen LogP contribution in [0.25, 0.3) is 5.65 Å². The van der Waals surface area contributed by atoms with Crippen molar-refractivity contribution in [3.63, 3.8) is 0 Å². The Bertz CT molecular complexity index is 705. The first-order valence-corrected chi connectivity index (χ1v) is 9.40. The van der Waals surface area contributed by atoms with Gasteiger partial charge in [-0.05, 0) is 39.0 Å². The Balaban J connectivity index is 1.51. The number of fused-ring (bicyclic) bond motifs is 1. The minimum absolute atomic E-state index is 0.136. The highest BCUT2D eigenvalue weighted by molar-refractivity contribution is 5.97. The second-order valence-electron chi connectivity index (χ2n) is 6.91. The molecule has 2 heterocycles. The van der Waals surface area contributed by atoms with Crippen LogP contribution in [0.15, 0.2) is 18.6 Å². The number of hydrogen-bond acceptors (Lipinski definition) is 4. The molecule has 1 aliphatic carbocycles. The molecule has 1 aliphatic rings. The van der Waals surface area contributed by atoms with Crippen LogP contribution in [0.1, 0.15) is 68.1 Å². The van der Waals surface area contributed by atoms with Crippen molar-refractivity contribution in [3.8, 4) is 0 Å². The second kappa shape index (κ2) is 8.43. The van der Waals surface area contributed by atoms with Crippen LogP contribution in [-0.4, -0.2) is 39.0 Å². The summed E-state index contributed by atoms with van der Waals surface area (Å²) >= 11 is 0. The van der Waals surface area contributed by atoms with Crippen molar-refractivity contribution in [3.05, 3.63) is 30.0 Å². The maximum Gasteiger partial charge on any atom is 0.273 e. The zero-order chi connectivity index (χ0) is 17.6. The first-order chi connectivity index (χ1) is 12.2. The molecule has 6 heteroatoms. The lowest BCUT2D eigenvalue weighted by Gasteiger charge is -2.29.